The lowest BCUT2D eigenvalue weighted by Crippen LogP contribution is -2.59. The standard InChI is InChI=1S/C37H39NO4S2/c1-3-4-7-16-33-34(23-28-12-8-5-9-13-28)38(44(40,41)32-19-17-27(2)18-20-32)25-30-24-37(35(30)33,31-21-22-43-26-31)42-36(39)29-14-10-6-11-15-29/h5-6,8-15,17-22,26,30,34H,3-4,7,16,23-25H2,1-2H3/t30-,34-,37+/m1/s1. The number of hydrogen-bond acceptors (Lipinski definition) is 5. The summed E-state index contributed by atoms with van der Waals surface area (Å²) in [4.78, 5) is 14.0. The number of nitrogens with zero attached hydrogens (tertiary/aromatic N) is 1. The molecule has 1 aliphatic heterocycles. The molecule has 2 aliphatic rings. The van der Waals surface area contributed by atoms with Gasteiger partial charge in [-0.15, -0.1) is 0 Å². The van der Waals surface area contributed by atoms with Crippen molar-refractivity contribution in [3.63, 3.8) is 0 Å². The van der Waals surface area contributed by atoms with E-state index in [0.717, 1.165) is 53.5 Å². The smallest absolute Gasteiger partial charge is 0.339 e. The van der Waals surface area contributed by atoms with Gasteiger partial charge in [-0.05, 0) is 84.0 Å². The van der Waals surface area contributed by atoms with Crippen LogP contribution in [0.2, 0.25) is 0 Å². The minimum Gasteiger partial charge on any atom is -0.446 e. The Morgan fingerprint density at radius 1 is 0.955 bits per heavy atom. The van der Waals surface area contributed by atoms with Crippen LogP contribution < -0.4 is 0 Å². The van der Waals surface area contributed by atoms with Crippen LogP contribution in [0.3, 0.4) is 0 Å². The van der Waals surface area contributed by atoms with Gasteiger partial charge in [0.15, 0.2) is 5.60 Å². The Balaban J connectivity index is 1.51. The maximum absolute atomic E-state index is 14.4. The zero-order chi connectivity index (χ0) is 30.7. The summed E-state index contributed by atoms with van der Waals surface area (Å²) in [6, 6.07) is 28.1. The normalized spacial score (nSPS) is 21.9. The van der Waals surface area contributed by atoms with Crippen molar-refractivity contribution >= 4 is 27.3 Å². The number of thiophene rings is 1. The van der Waals surface area contributed by atoms with Crippen LogP contribution in [0.5, 0.6) is 0 Å². The van der Waals surface area contributed by atoms with E-state index in [2.05, 4.69) is 30.5 Å². The Labute approximate surface area is 265 Å². The van der Waals surface area contributed by atoms with Crippen molar-refractivity contribution in [2.75, 3.05) is 6.54 Å². The van der Waals surface area contributed by atoms with Crippen molar-refractivity contribution in [1.82, 2.24) is 4.31 Å². The van der Waals surface area contributed by atoms with Crippen molar-refractivity contribution in [2.24, 2.45) is 5.92 Å². The number of hydrogen-bond donors (Lipinski definition) is 0. The number of esters is 1. The van der Waals surface area contributed by atoms with Gasteiger partial charge in [0.25, 0.3) is 0 Å². The Hall–Kier alpha value is -3.52. The monoisotopic (exact) mass is 625 g/mol. The molecule has 0 saturated heterocycles. The Morgan fingerprint density at radius 2 is 1.66 bits per heavy atom. The molecule has 2 heterocycles. The fraction of sp³-hybridized carbons (Fsp3) is 0.324. The van der Waals surface area contributed by atoms with E-state index >= 15 is 0 Å². The fourth-order valence-corrected chi connectivity index (χ4v) is 9.27. The van der Waals surface area contributed by atoms with Crippen LogP contribution in [0.1, 0.15) is 66.1 Å². The molecule has 3 atom stereocenters. The van der Waals surface area contributed by atoms with Gasteiger partial charge in [0.05, 0.1) is 16.5 Å². The highest BCUT2D eigenvalue weighted by atomic mass is 32.2. The minimum atomic E-state index is -3.80. The van der Waals surface area contributed by atoms with Crippen LogP contribution in [0.4, 0.5) is 0 Å². The zero-order valence-electron chi connectivity index (χ0n) is 25.3. The summed E-state index contributed by atoms with van der Waals surface area (Å²) in [5, 5.41) is 4.10. The molecule has 0 N–H and O–H groups in total. The molecule has 1 aromatic heterocycles. The highest BCUT2D eigenvalue weighted by Gasteiger charge is 2.59. The number of carbonyl (C=O) groups excluding carboxylic acids is 1. The predicted octanol–water partition coefficient (Wildman–Crippen LogP) is 8.32. The number of ether oxygens (including phenoxy) is 1. The van der Waals surface area contributed by atoms with E-state index in [1.165, 1.54) is 0 Å². The van der Waals surface area contributed by atoms with Crippen molar-refractivity contribution in [3.05, 3.63) is 135 Å². The van der Waals surface area contributed by atoms with Gasteiger partial charge in [0.2, 0.25) is 10.0 Å². The molecule has 1 saturated carbocycles. The third-order valence-electron chi connectivity index (χ3n) is 9.09. The quantitative estimate of drug-likeness (QED) is 0.0955. The van der Waals surface area contributed by atoms with Crippen LogP contribution >= 0.6 is 11.3 Å². The number of aryl methyl sites for hydroxylation is 1. The van der Waals surface area contributed by atoms with E-state index in [4.69, 9.17) is 4.74 Å². The van der Waals surface area contributed by atoms with E-state index in [0.29, 0.717) is 29.8 Å². The van der Waals surface area contributed by atoms with Crippen LogP contribution in [-0.4, -0.2) is 31.3 Å². The summed E-state index contributed by atoms with van der Waals surface area (Å²) in [5.74, 6) is -0.396. The van der Waals surface area contributed by atoms with Gasteiger partial charge in [-0.1, -0.05) is 86.0 Å². The summed E-state index contributed by atoms with van der Waals surface area (Å²) in [5.41, 5.74) is 4.88. The van der Waals surface area contributed by atoms with E-state index in [-0.39, 0.29) is 17.9 Å². The molecule has 0 spiro atoms. The molecule has 1 aliphatic carbocycles. The summed E-state index contributed by atoms with van der Waals surface area (Å²) in [6.45, 7) is 4.50. The first kappa shape index (κ1) is 30.5. The maximum Gasteiger partial charge on any atom is 0.339 e. The van der Waals surface area contributed by atoms with Crippen molar-refractivity contribution in [1.29, 1.82) is 0 Å². The molecule has 44 heavy (non-hydrogen) atoms. The van der Waals surface area contributed by atoms with Gasteiger partial charge in [-0.25, -0.2) is 13.2 Å². The van der Waals surface area contributed by atoms with Gasteiger partial charge in [0.1, 0.15) is 0 Å². The number of unbranched alkanes of at least 4 members (excludes halogenated alkanes) is 2. The number of carbonyl (C=O) groups is 1. The third kappa shape index (κ3) is 5.81. The van der Waals surface area contributed by atoms with Crippen molar-refractivity contribution in [2.45, 2.75) is 68.9 Å². The predicted molar refractivity (Wildman–Crippen MR) is 176 cm³/mol. The first-order valence-electron chi connectivity index (χ1n) is 15.5. The molecule has 0 bridgehead atoms. The third-order valence-corrected chi connectivity index (χ3v) is 11.7. The topological polar surface area (TPSA) is 63.7 Å². The summed E-state index contributed by atoms with van der Waals surface area (Å²) < 4.78 is 37.2. The molecule has 4 aromatic rings. The Bertz CT molecular complexity index is 1720. The summed E-state index contributed by atoms with van der Waals surface area (Å²) in [7, 11) is -3.80. The van der Waals surface area contributed by atoms with Gasteiger partial charge in [-0.2, -0.15) is 15.6 Å². The van der Waals surface area contributed by atoms with Crippen molar-refractivity contribution in [3.8, 4) is 0 Å². The number of rotatable bonds is 11. The van der Waals surface area contributed by atoms with E-state index < -0.39 is 15.6 Å². The first-order valence-corrected chi connectivity index (χ1v) is 17.9. The highest BCUT2D eigenvalue weighted by molar-refractivity contribution is 7.89. The number of fused-ring (bicyclic) bond motifs is 1. The average Bonchev–Trinajstić information content (AvgIpc) is 3.57. The lowest BCUT2D eigenvalue weighted by molar-refractivity contribution is -0.0561. The summed E-state index contributed by atoms with van der Waals surface area (Å²) >= 11 is 1.59. The minimum absolute atomic E-state index is 0.0395. The van der Waals surface area contributed by atoms with Gasteiger partial charge >= 0.3 is 5.97 Å². The Morgan fingerprint density at radius 3 is 2.32 bits per heavy atom. The van der Waals surface area contributed by atoms with Crippen molar-refractivity contribution < 1.29 is 17.9 Å². The lowest BCUT2D eigenvalue weighted by atomic mass is 9.58. The first-order chi connectivity index (χ1) is 21.3. The zero-order valence-corrected chi connectivity index (χ0v) is 26.9. The average molecular weight is 626 g/mol. The van der Waals surface area contributed by atoms with Gasteiger partial charge in [-0.3, -0.25) is 0 Å². The second-order valence-corrected chi connectivity index (χ2v) is 14.7. The van der Waals surface area contributed by atoms with Crippen LogP contribution in [0.15, 0.2) is 118 Å². The molecule has 228 valence electrons. The highest BCUT2D eigenvalue weighted by Crippen LogP contribution is 2.59. The molecule has 3 aromatic carbocycles. The molecular formula is C37H39NO4S2. The van der Waals surface area contributed by atoms with Crippen LogP contribution in [0.25, 0.3) is 0 Å². The molecule has 0 radical (unpaired) electrons. The number of sulfonamides is 1. The maximum atomic E-state index is 14.4. The van der Waals surface area contributed by atoms with Gasteiger partial charge in [0, 0.05) is 24.4 Å². The summed E-state index contributed by atoms with van der Waals surface area (Å²) in [6.07, 6.45) is 4.89. The molecule has 0 amide bonds. The molecular weight excluding hydrogens is 587 g/mol. The second-order valence-electron chi connectivity index (χ2n) is 12.0. The molecule has 5 nitrogen and oxygen atoms in total. The van der Waals surface area contributed by atoms with E-state index in [1.807, 2.05) is 60.8 Å². The molecule has 1 fully saturated rings. The van der Waals surface area contributed by atoms with Crippen LogP contribution in [-0.2, 0) is 26.8 Å². The number of benzene rings is 3. The SMILES string of the molecule is CCCCCC1=C2[C@@H](CN(S(=O)(=O)c3ccc(C)cc3)[C@@H]1Cc1ccccc1)C[C@]2(OC(=O)c1ccccc1)c1ccsc1. The van der Waals surface area contributed by atoms with Crippen LogP contribution in [0, 0.1) is 12.8 Å². The fourth-order valence-electron chi connectivity index (χ4n) is 6.89. The van der Waals surface area contributed by atoms with Gasteiger partial charge < -0.3 is 4.74 Å². The molecule has 6 rings (SSSR count). The van der Waals surface area contributed by atoms with E-state index in [1.54, 1.807) is 39.9 Å². The largest absolute Gasteiger partial charge is 0.446 e. The Kier molecular flexibility index (Phi) is 8.90. The molecule has 0 unspecified atom stereocenters. The second kappa shape index (κ2) is 12.8. The molecule has 7 heteroatoms. The lowest BCUT2D eigenvalue weighted by Gasteiger charge is -2.56. The van der Waals surface area contributed by atoms with E-state index in [9.17, 15) is 13.2 Å².